The van der Waals surface area contributed by atoms with Gasteiger partial charge in [0.05, 0.1) is 17.5 Å². The fourth-order valence-corrected chi connectivity index (χ4v) is 1.31. The molecular weight excluding hydrogens is 222 g/mol. The largest absolute Gasteiger partial charge is 0.478 e. The van der Waals surface area contributed by atoms with Gasteiger partial charge in [0.2, 0.25) is 0 Å². The van der Waals surface area contributed by atoms with Gasteiger partial charge in [-0.25, -0.2) is 4.79 Å². The van der Waals surface area contributed by atoms with Crippen LogP contribution in [-0.4, -0.2) is 17.3 Å². The summed E-state index contributed by atoms with van der Waals surface area (Å²) in [4.78, 5) is 11.0. The number of carboxylic acids is 1. The van der Waals surface area contributed by atoms with E-state index in [0.29, 0.717) is 11.3 Å². The van der Waals surface area contributed by atoms with Gasteiger partial charge in [0, 0.05) is 5.56 Å². The molecule has 0 atom stereocenters. The van der Waals surface area contributed by atoms with Gasteiger partial charge in [-0.05, 0) is 27.8 Å². The van der Waals surface area contributed by atoms with E-state index >= 15 is 0 Å². The zero-order valence-corrected chi connectivity index (χ0v) is 8.56. The van der Waals surface area contributed by atoms with Gasteiger partial charge in [0.25, 0.3) is 0 Å². The zero-order valence-electron chi connectivity index (χ0n) is 8.56. The van der Waals surface area contributed by atoms with Crippen LogP contribution in [0.2, 0.25) is 0 Å². The third kappa shape index (κ3) is 2.46. The van der Waals surface area contributed by atoms with Gasteiger partial charge in [-0.2, -0.15) is 0 Å². The summed E-state index contributed by atoms with van der Waals surface area (Å²) in [6.07, 6.45) is 2.89. The molecule has 84 valence electrons. The van der Waals surface area contributed by atoms with Crippen molar-refractivity contribution in [1.29, 1.82) is 0 Å². The Balaban J connectivity index is 2.50. The molecule has 0 saturated carbocycles. The lowest BCUT2D eigenvalue weighted by Gasteiger charge is -2.04. The molecule has 0 amide bonds. The summed E-state index contributed by atoms with van der Waals surface area (Å²) >= 11 is 0. The first-order valence-electron chi connectivity index (χ1n) is 4.66. The van der Waals surface area contributed by atoms with Gasteiger partial charge in [-0.1, -0.05) is 18.2 Å². The van der Waals surface area contributed by atoms with Crippen LogP contribution in [0.1, 0.15) is 15.9 Å². The van der Waals surface area contributed by atoms with Crippen molar-refractivity contribution in [2.75, 3.05) is 0 Å². The minimum absolute atomic E-state index is 0.142. The highest BCUT2D eigenvalue weighted by Crippen LogP contribution is 2.21. The van der Waals surface area contributed by atoms with Crippen molar-refractivity contribution < 1.29 is 9.90 Å². The highest BCUT2D eigenvalue weighted by atomic mass is 16.4. The van der Waals surface area contributed by atoms with Crippen molar-refractivity contribution >= 4 is 17.9 Å². The number of carbonyl (C=O) groups is 1. The third-order valence-corrected chi connectivity index (χ3v) is 2.02. The maximum atomic E-state index is 11.0. The summed E-state index contributed by atoms with van der Waals surface area (Å²) in [6, 6.07) is 6.49. The SMILES string of the molecule is O=C(O)c1ccccc1C1=CC=NN=NN=N1. The van der Waals surface area contributed by atoms with E-state index in [0.717, 1.165) is 0 Å². The summed E-state index contributed by atoms with van der Waals surface area (Å²) in [6.45, 7) is 0. The van der Waals surface area contributed by atoms with Crippen LogP contribution in [0.3, 0.4) is 0 Å². The molecule has 2 rings (SSSR count). The number of nitrogens with zero attached hydrogens (tertiary/aromatic N) is 5. The van der Waals surface area contributed by atoms with E-state index in [1.807, 2.05) is 0 Å². The maximum absolute atomic E-state index is 11.0. The Morgan fingerprint density at radius 1 is 1.12 bits per heavy atom. The predicted molar refractivity (Wildman–Crippen MR) is 59.6 cm³/mol. The molecule has 1 aliphatic rings. The second-order valence-electron chi connectivity index (χ2n) is 3.04. The second kappa shape index (κ2) is 4.88. The molecule has 0 fully saturated rings. The van der Waals surface area contributed by atoms with E-state index < -0.39 is 5.97 Å². The molecule has 7 heteroatoms. The predicted octanol–water partition coefficient (Wildman–Crippen LogP) is 2.54. The molecule has 0 bridgehead atoms. The van der Waals surface area contributed by atoms with Gasteiger partial charge in [0.15, 0.2) is 0 Å². The van der Waals surface area contributed by atoms with Crippen molar-refractivity contribution in [3.63, 3.8) is 0 Å². The normalized spacial score (nSPS) is 14.0. The highest BCUT2D eigenvalue weighted by Gasteiger charge is 2.12. The molecule has 0 aliphatic carbocycles. The Kier molecular flexibility index (Phi) is 3.10. The molecule has 1 aromatic carbocycles. The van der Waals surface area contributed by atoms with Gasteiger partial charge in [-0.3, -0.25) is 0 Å². The first-order valence-corrected chi connectivity index (χ1v) is 4.66. The molecule has 0 radical (unpaired) electrons. The number of hydrogen-bond donors (Lipinski definition) is 1. The van der Waals surface area contributed by atoms with E-state index in [4.69, 9.17) is 5.11 Å². The molecule has 17 heavy (non-hydrogen) atoms. The van der Waals surface area contributed by atoms with E-state index in [2.05, 4.69) is 25.9 Å². The van der Waals surface area contributed by atoms with E-state index in [9.17, 15) is 4.79 Å². The van der Waals surface area contributed by atoms with Crippen molar-refractivity contribution in [3.05, 3.63) is 41.5 Å². The third-order valence-electron chi connectivity index (χ3n) is 2.02. The Hall–Kier alpha value is -2.70. The van der Waals surface area contributed by atoms with E-state index in [1.165, 1.54) is 18.4 Å². The summed E-state index contributed by atoms with van der Waals surface area (Å²) in [7, 11) is 0. The smallest absolute Gasteiger partial charge is 0.336 e. The highest BCUT2D eigenvalue weighted by molar-refractivity contribution is 5.96. The minimum Gasteiger partial charge on any atom is -0.478 e. The van der Waals surface area contributed by atoms with Crippen molar-refractivity contribution in [3.8, 4) is 0 Å². The topological polar surface area (TPSA) is 99.1 Å². The lowest BCUT2D eigenvalue weighted by Crippen LogP contribution is -2.01. The number of hydrogen-bond acceptors (Lipinski definition) is 6. The Bertz CT molecular complexity index is 560. The number of carboxylic acid groups (broad SMARTS) is 1. The molecule has 1 aliphatic heterocycles. The quantitative estimate of drug-likeness (QED) is 0.842. The number of allylic oxidation sites excluding steroid dienone is 1. The molecule has 1 heterocycles. The first-order chi connectivity index (χ1) is 8.29. The van der Waals surface area contributed by atoms with Gasteiger partial charge >= 0.3 is 5.97 Å². The Morgan fingerprint density at radius 2 is 1.94 bits per heavy atom. The van der Waals surface area contributed by atoms with Crippen LogP contribution >= 0.6 is 0 Å². The number of rotatable bonds is 2. The lowest BCUT2D eigenvalue weighted by atomic mass is 10.0. The van der Waals surface area contributed by atoms with E-state index in [-0.39, 0.29) is 5.56 Å². The number of aromatic carboxylic acids is 1. The molecule has 0 saturated heterocycles. The van der Waals surface area contributed by atoms with Crippen LogP contribution in [0.5, 0.6) is 0 Å². The second-order valence-corrected chi connectivity index (χ2v) is 3.04. The van der Waals surface area contributed by atoms with Gasteiger partial charge in [-0.15, -0.1) is 10.2 Å². The van der Waals surface area contributed by atoms with Crippen LogP contribution in [0.4, 0.5) is 0 Å². The summed E-state index contributed by atoms with van der Waals surface area (Å²) in [5.74, 6) is -1.03. The Labute approximate surface area is 95.9 Å². The molecule has 1 N–H and O–H groups in total. The summed E-state index contributed by atoms with van der Waals surface area (Å²) < 4.78 is 0. The van der Waals surface area contributed by atoms with Gasteiger partial charge < -0.3 is 5.11 Å². The number of benzene rings is 1. The average Bonchev–Trinajstić information content (AvgIpc) is 2.28. The molecule has 0 unspecified atom stereocenters. The van der Waals surface area contributed by atoms with Crippen molar-refractivity contribution in [1.82, 2.24) is 0 Å². The van der Waals surface area contributed by atoms with Crippen LogP contribution < -0.4 is 0 Å². The van der Waals surface area contributed by atoms with Gasteiger partial charge in [0.1, 0.15) is 0 Å². The fourth-order valence-electron chi connectivity index (χ4n) is 1.31. The molecular formula is C10H7N5O2. The van der Waals surface area contributed by atoms with E-state index in [1.54, 1.807) is 18.2 Å². The first kappa shape index (κ1) is 10.8. The average molecular weight is 229 g/mol. The molecule has 7 nitrogen and oxygen atoms in total. The van der Waals surface area contributed by atoms with Crippen molar-refractivity contribution in [2.24, 2.45) is 25.9 Å². The fraction of sp³-hybridized carbons (Fsp3) is 0. The standard InChI is InChI=1S/C10H7N5O2/c16-10(17)8-4-2-1-3-7(8)9-5-6-11-13-15-14-12-9/h1-6H,(H,16,17). The van der Waals surface area contributed by atoms with Crippen LogP contribution in [0.25, 0.3) is 5.70 Å². The lowest BCUT2D eigenvalue weighted by molar-refractivity contribution is 0.0696. The summed E-state index contributed by atoms with van der Waals surface area (Å²) in [5, 5.41) is 26.3. The monoisotopic (exact) mass is 229 g/mol. The van der Waals surface area contributed by atoms with Crippen LogP contribution in [0, 0.1) is 0 Å². The van der Waals surface area contributed by atoms with Crippen LogP contribution in [0.15, 0.2) is 56.2 Å². The summed E-state index contributed by atoms with van der Waals surface area (Å²) in [5.41, 5.74) is 0.960. The molecule has 0 spiro atoms. The Morgan fingerprint density at radius 3 is 2.76 bits per heavy atom. The molecule has 0 aromatic heterocycles. The molecule has 1 aromatic rings. The van der Waals surface area contributed by atoms with Crippen LogP contribution in [-0.2, 0) is 0 Å². The zero-order chi connectivity index (χ0) is 12.1. The van der Waals surface area contributed by atoms with Crippen molar-refractivity contribution in [2.45, 2.75) is 0 Å². The minimum atomic E-state index is -1.03. The maximum Gasteiger partial charge on any atom is 0.336 e.